The molecule has 1 amide bonds. The molecule has 0 aliphatic carbocycles. The van der Waals surface area contributed by atoms with E-state index in [1.54, 1.807) is 0 Å². The molecule has 0 aliphatic rings. The van der Waals surface area contributed by atoms with Gasteiger partial charge in [0.1, 0.15) is 0 Å². The number of nitrogens with zero attached hydrogens (tertiary/aromatic N) is 1. The smallest absolute Gasteiger partial charge is 0.223 e. The van der Waals surface area contributed by atoms with Crippen molar-refractivity contribution in [3.05, 3.63) is 18.0 Å². The number of nitrogens with two attached hydrogens (primary N) is 1. The lowest BCUT2D eigenvalue weighted by atomic mass is 10.3. The first-order valence-electron chi connectivity index (χ1n) is 2.47. The van der Waals surface area contributed by atoms with Crippen LogP contribution in [0.4, 0.5) is 0 Å². The first kappa shape index (κ1) is 5.81. The van der Waals surface area contributed by atoms with E-state index in [0.717, 1.165) is 0 Å². The summed E-state index contributed by atoms with van der Waals surface area (Å²) in [5, 5.41) is 6.20. The molecule has 0 atom stereocenters. The zero-order valence-electron chi connectivity index (χ0n) is 4.72. The maximum absolute atomic E-state index is 10.2. The quantitative estimate of drug-likeness (QED) is 0.543. The lowest BCUT2D eigenvalue weighted by molar-refractivity contribution is -0.117. The van der Waals surface area contributed by atoms with Gasteiger partial charge in [-0.05, 0) is 0 Å². The number of amides is 1. The van der Waals surface area contributed by atoms with E-state index in [1.165, 1.54) is 6.20 Å². The van der Waals surface area contributed by atoms with Gasteiger partial charge in [0.05, 0.1) is 12.1 Å². The molecule has 1 heterocycles. The molecule has 0 aromatic carbocycles. The normalized spacial score (nSPS) is 9.33. The van der Waals surface area contributed by atoms with E-state index in [4.69, 9.17) is 5.73 Å². The Bertz CT molecular complexity index is 192. The maximum Gasteiger partial charge on any atom is 0.223 e. The third-order valence-electron chi connectivity index (χ3n) is 0.845. The van der Waals surface area contributed by atoms with Gasteiger partial charge in [0, 0.05) is 12.3 Å². The highest BCUT2D eigenvalue weighted by atomic mass is 16.1. The molecule has 0 saturated heterocycles. The number of primary amides is 1. The summed E-state index contributed by atoms with van der Waals surface area (Å²) in [7, 11) is 0. The number of hydrogen-bond acceptors (Lipinski definition) is 2. The number of H-pyrrole nitrogens is 1. The number of carbonyl (C=O) groups excluding carboxylic acids is 1. The molecule has 4 heteroatoms. The lowest BCUT2D eigenvalue weighted by Crippen LogP contribution is -2.13. The highest BCUT2D eigenvalue weighted by Gasteiger charge is 1.98. The van der Waals surface area contributed by atoms with Gasteiger partial charge in [-0.2, -0.15) is 5.10 Å². The SMILES string of the molecule is NC(=O)Cc1[c]c[nH]n1. The summed E-state index contributed by atoms with van der Waals surface area (Å²) in [4.78, 5) is 10.2. The number of aromatic nitrogens is 2. The van der Waals surface area contributed by atoms with Gasteiger partial charge >= 0.3 is 0 Å². The first-order valence-corrected chi connectivity index (χ1v) is 2.47. The van der Waals surface area contributed by atoms with Crippen molar-refractivity contribution in [2.24, 2.45) is 5.73 Å². The zero-order chi connectivity index (χ0) is 6.69. The minimum atomic E-state index is -0.390. The van der Waals surface area contributed by atoms with E-state index in [0.29, 0.717) is 5.69 Å². The highest BCUT2D eigenvalue weighted by molar-refractivity contribution is 5.75. The van der Waals surface area contributed by atoms with E-state index >= 15 is 0 Å². The van der Waals surface area contributed by atoms with E-state index in [9.17, 15) is 4.79 Å². The summed E-state index contributed by atoms with van der Waals surface area (Å²) in [5.41, 5.74) is 5.43. The number of nitrogens with one attached hydrogen (secondary N) is 1. The molecule has 4 nitrogen and oxygen atoms in total. The van der Waals surface area contributed by atoms with Crippen LogP contribution >= 0.6 is 0 Å². The standard InChI is InChI=1S/C5H6N3O/c6-5(9)3-4-1-2-7-8-4/h2H,3H2,(H2,6,9)(H,7,8). The summed E-state index contributed by atoms with van der Waals surface area (Å²) in [5.74, 6) is -0.390. The predicted molar refractivity (Wildman–Crippen MR) is 30.3 cm³/mol. The molecular weight excluding hydrogens is 118 g/mol. The first-order chi connectivity index (χ1) is 4.29. The molecule has 0 unspecified atom stereocenters. The molecule has 0 fully saturated rings. The molecule has 0 aliphatic heterocycles. The van der Waals surface area contributed by atoms with Crippen molar-refractivity contribution in [3.63, 3.8) is 0 Å². The zero-order valence-corrected chi connectivity index (χ0v) is 4.72. The Labute approximate surface area is 52.1 Å². The van der Waals surface area contributed by atoms with Crippen molar-refractivity contribution in [2.45, 2.75) is 6.42 Å². The van der Waals surface area contributed by atoms with Crippen molar-refractivity contribution in [1.29, 1.82) is 0 Å². The van der Waals surface area contributed by atoms with Crippen molar-refractivity contribution < 1.29 is 4.79 Å². The third-order valence-corrected chi connectivity index (χ3v) is 0.845. The molecule has 0 spiro atoms. The van der Waals surface area contributed by atoms with E-state index < -0.39 is 5.91 Å². The topological polar surface area (TPSA) is 71.8 Å². The fourth-order valence-corrected chi connectivity index (χ4v) is 0.514. The average molecular weight is 124 g/mol. The van der Waals surface area contributed by atoms with Crippen LogP contribution in [0.5, 0.6) is 0 Å². The second-order valence-electron chi connectivity index (χ2n) is 1.62. The van der Waals surface area contributed by atoms with Gasteiger partial charge in [-0.25, -0.2) is 0 Å². The van der Waals surface area contributed by atoms with Crippen molar-refractivity contribution in [2.75, 3.05) is 0 Å². The fourth-order valence-electron chi connectivity index (χ4n) is 0.514. The Morgan fingerprint density at radius 2 is 2.78 bits per heavy atom. The molecule has 1 aromatic rings. The van der Waals surface area contributed by atoms with Crippen LogP contribution in [-0.2, 0) is 11.2 Å². The van der Waals surface area contributed by atoms with E-state index in [2.05, 4.69) is 16.3 Å². The minimum absolute atomic E-state index is 0.156. The van der Waals surface area contributed by atoms with Gasteiger partial charge in [0.25, 0.3) is 0 Å². The minimum Gasteiger partial charge on any atom is -0.369 e. The van der Waals surface area contributed by atoms with Gasteiger partial charge in [-0.3, -0.25) is 9.89 Å². The molecule has 0 bridgehead atoms. The second kappa shape index (κ2) is 2.30. The number of carbonyl (C=O) groups is 1. The average Bonchev–Trinajstić information content (AvgIpc) is 2.15. The molecule has 3 N–H and O–H groups in total. The van der Waals surface area contributed by atoms with Gasteiger partial charge in [-0.1, -0.05) is 0 Å². The molecule has 47 valence electrons. The Morgan fingerprint density at radius 3 is 3.22 bits per heavy atom. The Kier molecular flexibility index (Phi) is 1.48. The van der Waals surface area contributed by atoms with E-state index in [-0.39, 0.29) is 6.42 Å². The number of hydrogen-bond donors (Lipinski definition) is 2. The van der Waals surface area contributed by atoms with Crippen molar-refractivity contribution in [1.82, 2.24) is 10.2 Å². The molecule has 0 saturated carbocycles. The third kappa shape index (κ3) is 1.56. The fraction of sp³-hybridized carbons (Fsp3) is 0.200. The number of rotatable bonds is 2. The Morgan fingerprint density at radius 1 is 2.00 bits per heavy atom. The lowest BCUT2D eigenvalue weighted by Gasteiger charge is -1.84. The van der Waals surface area contributed by atoms with Crippen LogP contribution in [0.2, 0.25) is 0 Å². The number of aromatic amines is 1. The van der Waals surface area contributed by atoms with E-state index in [1.807, 2.05) is 0 Å². The summed E-state index contributed by atoms with van der Waals surface area (Å²) in [6, 6.07) is 2.70. The monoisotopic (exact) mass is 124 g/mol. The van der Waals surface area contributed by atoms with Gasteiger partial charge in [0.15, 0.2) is 0 Å². The molecule has 1 radical (unpaired) electrons. The summed E-state index contributed by atoms with van der Waals surface area (Å²) >= 11 is 0. The van der Waals surface area contributed by atoms with Crippen LogP contribution in [0.3, 0.4) is 0 Å². The van der Waals surface area contributed by atoms with Crippen molar-refractivity contribution in [3.8, 4) is 0 Å². The van der Waals surface area contributed by atoms with Crippen LogP contribution in [0.25, 0.3) is 0 Å². The van der Waals surface area contributed by atoms with Crippen LogP contribution in [-0.4, -0.2) is 16.1 Å². The van der Waals surface area contributed by atoms with Gasteiger partial charge in [-0.15, -0.1) is 0 Å². The summed E-state index contributed by atoms with van der Waals surface area (Å²) in [6.45, 7) is 0. The molecule has 1 rings (SSSR count). The summed E-state index contributed by atoms with van der Waals surface area (Å²) in [6.07, 6.45) is 1.68. The van der Waals surface area contributed by atoms with Crippen LogP contribution in [0, 0.1) is 6.07 Å². The van der Waals surface area contributed by atoms with Crippen molar-refractivity contribution >= 4 is 5.91 Å². The Hall–Kier alpha value is -1.32. The Balaban J connectivity index is 2.58. The summed E-state index contributed by atoms with van der Waals surface area (Å²) < 4.78 is 0. The molecule has 9 heavy (non-hydrogen) atoms. The predicted octanol–water partition coefficient (Wildman–Crippen LogP) is -0.762. The van der Waals surface area contributed by atoms with Crippen LogP contribution in [0.1, 0.15) is 5.69 Å². The van der Waals surface area contributed by atoms with Crippen LogP contribution < -0.4 is 5.73 Å². The largest absolute Gasteiger partial charge is 0.369 e. The van der Waals surface area contributed by atoms with Crippen LogP contribution in [0.15, 0.2) is 6.20 Å². The molecule has 1 aromatic heterocycles. The second-order valence-corrected chi connectivity index (χ2v) is 1.62. The maximum atomic E-state index is 10.2. The molecular formula is C5H6N3O. The highest BCUT2D eigenvalue weighted by Crippen LogP contribution is 1.88. The van der Waals surface area contributed by atoms with Gasteiger partial charge in [0.2, 0.25) is 5.91 Å². The van der Waals surface area contributed by atoms with Gasteiger partial charge < -0.3 is 5.73 Å².